The lowest BCUT2D eigenvalue weighted by Gasteiger charge is -2.26. The van der Waals surface area contributed by atoms with Crippen LogP contribution in [0, 0.1) is 0 Å². The zero-order valence-corrected chi connectivity index (χ0v) is 18.4. The minimum absolute atomic E-state index is 0.0830. The van der Waals surface area contributed by atoms with Crippen molar-refractivity contribution in [3.05, 3.63) is 70.4 Å². The van der Waals surface area contributed by atoms with E-state index in [1.165, 1.54) is 24.8 Å². The number of aromatic nitrogens is 2. The van der Waals surface area contributed by atoms with E-state index in [1.807, 2.05) is 47.1 Å². The maximum absolute atomic E-state index is 13.1. The van der Waals surface area contributed by atoms with Gasteiger partial charge in [0.25, 0.3) is 5.91 Å². The zero-order valence-electron chi connectivity index (χ0n) is 17.6. The number of fused-ring (bicyclic) bond motifs is 3. The first-order valence-corrected chi connectivity index (χ1v) is 11.5. The molecule has 2 aromatic carbocycles. The Bertz CT molecular complexity index is 1090. The summed E-state index contributed by atoms with van der Waals surface area (Å²) in [6, 6.07) is 16.0. The van der Waals surface area contributed by atoms with Gasteiger partial charge in [-0.3, -0.25) is 4.79 Å². The number of benzene rings is 2. The van der Waals surface area contributed by atoms with Crippen molar-refractivity contribution in [3.8, 4) is 16.9 Å². The lowest BCUT2D eigenvalue weighted by Crippen LogP contribution is -2.38. The lowest BCUT2D eigenvalue weighted by atomic mass is 9.88. The Morgan fingerprint density at radius 1 is 1.03 bits per heavy atom. The summed E-state index contributed by atoms with van der Waals surface area (Å²) in [6.07, 6.45) is 5.47. The van der Waals surface area contributed by atoms with Crippen LogP contribution < -0.4 is 5.32 Å². The zero-order chi connectivity index (χ0) is 21.2. The smallest absolute Gasteiger partial charge is 0.272 e. The second-order valence-corrected chi connectivity index (χ2v) is 8.82. The van der Waals surface area contributed by atoms with Gasteiger partial charge in [-0.1, -0.05) is 42.3 Å². The Morgan fingerprint density at radius 2 is 1.84 bits per heavy atom. The number of nitrogens with zero attached hydrogens (tertiary/aromatic N) is 3. The van der Waals surface area contributed by atoms with Crippen LogP contribution in [0.15, 0.2) is 48.5 Å². The van der Waals surface area contributed by atoms with E-state index in [0.717, 1.165) is 60.0 Å². The van der Waals surface area contributed by atoms with Gasteiger partial charge in [0.2, 0.25) is 0 Å². The van der Waals surface area contributed by atoms with Crippen molar-refractivity contribution in [1.82, 2.24) is 20.0 Å². The van der Waals surface area contributed by atoms with Gasteiger partial charge in [-0.15, -0.1) is 0 Å². The second kappa shape index (κ2) is 8.85. The number of hydrogen-bond acceptors (Lipinski definition) is 3. The molecule has 5 nitrogen and oxygen atoms in total. The predicted molar refractivity (Wildman–Crippen MR) is 124 cm³/mol. The summed E-state index contributed by atoms with van der Waals surface area (Å²) in [5.41, 5.74) is 5.83. The molecular weight excluding hydrogens is 408 g/mol. The highest BCUT2D eigenvalue weighted by molar-refractivity contribution is 6.30. The molecule has 0 radical (unpaired) electrons. The van der Waals surface area contributed by atoms with Crippen LogP contribution in [0.5, 0.6) is 0 Å². The molecule has 31 heavy (non-hydrogen) atoms. The minimum Gasteiger partial charge on any atom is -0.349 e. The quantitative estimate of drug-likeness (QED) is 0.642. The average Bonchev–Trinajstić information content (AvgIpc) is 3.20. The van der Waals surface area contributed by atoms with Crippen LogP contribution in [-0.2, 0) is 12.8 Å². The number of halogens is 1. The number of carbonyl (C=O) groups is 1. The fourth-order valence-electron chi connectivity index (χ4n) is 4.76. The van der Waals surface area contributed by atoms with E-state index in [9.17, 15) is 4.79 Å². The summed E-state index contributed by atoms with van der Waals surface area (Å²) in [5, 5.41) is 8.66. The number of carbonyl (C=O) groups excluding carboxylic acids is 1. The van der Waals surface area contributed by atoms with E-state index >= 15 is 0 Å². The van der Waals surface area contributed by atoms with Crippen molar-refractivity contribution in [3.63, 3.8) is 0 Å². The van der Waals surface area contributed by atoms with Crippen LogP contribution in [0.4, 0.5) is 0 Å². The number of amides is 1. The predicted octanol–water partition coefficient (Wildman–Crippen LogP) is 4.51. The highest BCUT2D eigenvalue weighted by Crippen LogP contribution is 2.38. The third kappa shape index (κ3) is 4.12. The largest absolute Gasteiger partial charge is 0.349 e. The number of likely N-dealkylation sites (tertiary alicyclic amines) is 1. The number of hydrogen-bond donors (Lipinski definition) is 1. The fourth-order valence-corrected chi connectivity index (χ4v) is 4.95. The standard InChI is InChI=1S/C25H27ClN4O/c26-19-10-12-21-18(17-19)9-11-22-23(25(31)27-13-16-29-14-5-2-6-15-29)28-30(24(21)22)20-7-3-1-4-8-20/h1,3-4,7-8,10,12,17H,2,5-6,9,11,13-16H2,(H,27,31). The number of piperidine rings is 1. The van der Waals surface area contributed by atoms with Crippen molar-refractivity contribution in [1.29, 1.82) is 0 Å². The molecule has 2 aliphatic rings. The van der Waals surface area contributed by atoms with Crippen molar-refractivity contribution >= 4 is 17.5 Å². The van der Waals surface area contributed by atoms with E-state index in [4.69, 9.17) is 16.7 Å². The molecule has 1 aromatic heterocycles. The Hall–Kier alpha value is -2.63. The van der Waals surface area contributed by atoms with E-state index < -0.39 is 0 Å². The molecule has 1 saturated heterocycles. The molecule has 3 aromatic rings. The number of para-hydroxylation sites is 1. The van der Waals surface area contributed by atoms with Gasteiger partial charge in [-0.2, -0.15) is 5.10 Å². The summed E-state index contributed by atoms with van der Waals surface area (Å²) in [7, 11) is 0. The highest BCUT2D eigenvalue weighted by Gasteiger charge is 2.29. The SMILES string of the molecule is O=C(NCCN1CCCCC1)c1nn(-c2ccccc2)c2c1CCc1cc(Cl)ccc1-2. The molecule has 0 unspecified atom stereocenters. The molecule has 1 N–H and O–H groups in total. The molecular formula is C25H27ClN4O. The fraction of sp³-hybridized carbons (Fsp3) is 0.360. The Labute approximate surface area is 188 Å². The topological polar surface area (TPSA) is 50.2 Å². The van der Waals surface area contributed by atoms with Crippen LogP contribution in [-0.4, -0.2) is 46.8 Å². The van der Waals surface area contributed by atoms with E-state index in [2.05, 4.69) is 16.3 Å². The summed E-state index contributed by atoms with van der Waals surface area (Å²) >= 11 is 6.25. The van der Waals surface area contributed by atoms with Crippen molar-refractivity contribution in [2.75, 3.05) is 26.2 Å². The van der Waals surface area contributed by atoms with Gasteiger partial charge in [0.05, 0.1) is 11.4 Å². The molecule has 0 bridgehead atoms. The van der Waals surface area contributed by atoms with Crippen molar-refractivity contribution in [2.24, 2.45) is 0 Å². The van der Waals surface area contributed by atoms with Gasteiger partial charge in [-0.25, -0.2) is 4.68 Å². The minimum atomic E-state index is -0.0830. The molecule has 1 aliphatic heterocycles. The van der Waals surface area contributed by atoms with Gasteiger partial charge >= 0.3 is 0 Å². The molecule has 0 saturated carbocycles. The molecule has 0 spiro atoms. The lowest BCUT2D eigenvalue weighted by molar-refractivity contribution is 0.0940. The maximum atomic E-state index is 13.1. The number of rotatable bonds is 5. The van der Waals surface area contributed by atoms with Crippen molar-refractivity contribution < 1.29 is 4.79 Å². The average molecular weight is 435 g/mol. The van der Waals surface area contributed by atoms with Crippen molar-refractivity contribution in [2.45, 2.75) is 32.1 Å². The Morgan fingerprint density at radius 3 is 2.65 bits per heavy atom. The Balaban J connectivity index is 1.46. The maximum Gasteiger partial charge on any atom is 0.272 e. The normalized spacial score (nSPS) is 15.9. The van der Waals surface area contributed by atoms with Gasteiger partial charge < -0.3 is 10.2 Å². The molecule has 1 fully saturated rings. The van der Waals surface area contributed by atoms with Gasteiger partial charge in [0, 0.05) is 29.2 Å². The number of nitrogens with one attached hydrogen (secondary N) is 1. The molecule has 0 atom stereocenters. The molecule has 2 heterocycles. The van der Waals surface area contributed by atoms with E-state index in [0.29, 0.717) is 12.2 Å². The van der Waals surface area contributed by atoms with E-state index in [-0.39, 0.29) is 5.91 Å². The van der Waals surface area contributed by atoms with Crippen LogP contribution in [0.25, 0.3) is 16.9 Å². The van der Waals surface area contributed by atoms with Gasteiger partial charge in [-0.05, 0) is 68.6 Å². The summed E-state index contributed by atoms with van der Waals surface area (Å²) in [5.74, 6) is -0.0830. The first-order valence-electron chi connectivity index (χ1n) is 11.2. The molecule has 6 heteroatoms. The van der Waals surface area contributed by atoms with Gasteiger partial charge in [0.15, 0.2) is 5.69 Å². The first-order chi connectivity index (χ1) is 15.2. The summed E-state index contributed by atoms with van der Waals surface area (Å²) in [4.78, 5) is 15.6. The molecule has 1 aliphatic carbocycles. The first kappa shape index (κ1) is 20.3. The third-order valence-electron chi connectivity index (χ3n) is 6.33. The summed E-state index contributed by atoms with van der Waals surface area (Å²) in [6.45, 7) is 3.81. The third-order valence-corrected chi connectivity index (χ3v) is 6.56. The van der Waals surface area contributed by atoms with Crippen LogP contribution in [0.1, 0.15) is 40.9 Å². The second-order valence-electron chi connectivity index (χ2n) is 8.38. The number of aryl methyl sites for hydroxylation is 1. The van der Waals surface area contributed by atoms with Crippen LogP contribution in [0.3, 0.4) is 0 Å². The van der Waals surface area contributed by atoms with Crippen LogP contribution in [0.2, 0.25) is 5.02 Å². The van der Waals surface area contributed by atoms with E-state index in [1.54, 1.807) is 0 Å². The van der Waals surface area contributed by atoms with Crippen LogP contribution >= 0.6 is 11.6 Å². The monoisotopic (exact) mass is 434 g/mol. The molecule has 1 amide bonds. The molecule has 5 rings (SSSR count). The Kier molecular flexibility index (Phi) is 5.79. The summed E-state index contributed by atoms with van der Waals surface area (Å²) < 4.78 is 1.92. The highest BCUT2D eigenvalue weighted by atomic mass is 35.5. The van der Waals surface area contributed by atoms with Gasteiger partial charge in [0.1, 0.15) is 0 Å². The molecule has 160 valence electrons.